The average molecular weight is 287 g/mol. The van der Waals surface area contributed by atoms with Crippen LogP contribution in [0.1, 0.15) is 36.2 Å². The van der Waals surface area contributed by atoms with E-state index < -0.39 is 16.1 Å². The van der Waals surface area contributed by atoms with E-state index in [4.69, 9.17) is 4.42 Å². The maximum atomic E-state index is 11.9. The monoisotopic (exact) mass is 287 g/mol. The van der Waals surface area contributed by atoms with Crippen molar-refractivity contribution < 1.29 is 22.7 Å². The summed E-state index contributed by atoms with van der Waals surface area (Å²) in [7, 11) is -3.76. The number of sulfonamides is 1. The van der Waals surface area contributed by atoms with Crippen LogP contribution in [0.25, 0.3) is 0 Å². The Morgan fingerprint density at radius 2 is 2.11 bits per heavy atom. The molecule has 1 heterocycles. The van der Waals surface area contributed by atoms with Crippen molar-refractivity contribution in [2.75, 3.05) is 6.54 Å². The van der Waals surface area contributed by atoms with Gasteiger partial charge in [-0.15, -0.1) is 0 Å². The molecule has 1 aliphatic rings. The molecular weight excluding hydrogens is 270 g/mol. The minimum atomic E-state index is -3.76. The van der Waals surface area contributed by atoms with Crippen LogP contribution in [0.15, 0.2) is 21.6 Å². The Balaban J connectivity index is 1.99. The van der Waals surface area contributed by atoms with E-state index in [2.05, 4.69) is 4.72 Å². The number of hydrogen-bond acceptors (Lipinski definition) is 5. The Kier molecular flexibility index (Phi) is 4.38. The summed E-state index contributed by atoms with van der Waals surface area (Å²) in [5, 5.41) is 9.50. The van der Waals surface area contributed by atoms with E-state index in [1.807, 2.05) is 0 Å². The molecule has 0 saturated heterocycles. The summed E-state index contributed by atoms with van der Waals surface area (Å²) in [5.41, 5.74) is 0. The molecule has 106 valence electrons. The normalized spacial score (nSPS) is 24.3. The molecule has 0 spiro atoms. The van der Waals surface area contributed by atoms with Gasteiger partial charge in [0.2, 0.25) is 5.09 Å². The van der Waals surface area contributed by atoms with E-state index >= 15 is 0 Å². The summed E-state index contributed by atoms with van der Waals surface area (Å²) in [4.78, 5) is 10.5. The Morgan fingerprint density at radius 1 is 1.37 bits per heavy atom. The molecule has 2 N–H and O–H groups in total. The number of carbonyl (C=O) groups excluding carboxylic acids is 1. The zero-order valence-electron chi connectivity index (χ0n) is 10.4. The predicted octanol–water partition coefficient (Wildman–Crippen LogP) is 0.921. The van der Waals surface area contributed by atoms with E-state index in [0.717, 1.165) is 19.3 Å². The van der Waals surface area contributed by atoms with Gasteiger partial charge in [0.1, 0.15) is 0 Å². The maximum Gasteiger partial charge on any atom is 0.273 e. The Hall–Kier alpha value is -1.18. The van der Waals surface area contributed by atoms with Crippen molar-refractivity contribution in [3.63, 3.8) is 0 Å². The minimum absolute atomic E-state index is 0.0296. The van der Waals surface area contributed by atoms with Gasteiger partial charge in [-0.1, -0.05) is 12.8 Å². The number of furan rings is 1. The van der Waals surface area contributed by atoms with Gasteiger partial charge >= 0.3 is 0 Å². The number of rotatable bonds is 5. The van der Waals surface area contributed by atoms with Gasteiger partial charge in [0.25, 0.3) is 10.0 Å². The van der Waals surface area contributed by atoms with E-state index in [1.54, 1.807) is 0 Å². The van der Waals surface area contributed by atoms with Gasteiger partial charge in [-0.05, 0) is 30.9 Å². The lowest BCUT2D eigenvalue weighted by atomic mass is 9.87. The van der Waals surface area contributed by atoms with Crippen molar-refractivity contribution in [1.82, 2.24) is 4.72 Å². The van der Waals surface area contributed by atoms with E-state index in [0.29, 0.717) is 12.7 Å². The highest BCUT2D eigenvalue weighted by Crippen LogP contribution is 2.24. The van der Waals surface area contributed by atoms with E-state index in [-0.39, 0.29) is 23.3 Å². The molecule has 1 aromatic heterocycles. The third-order valence-corrected chi connectivity index (χ3v) is 4.68. The zero-order chi connectivity index (χ0) is 13.9. The summed E-state index contributed by atoms with van der Waals surface area (Å²) in [6.07, 6.45) is 3.48. The summed E-state index contributed by atoms with van der Waals surface area (Å²) in [6, 6.07) is 2.54. The molecule has 0 amide bonds. The summed E-state index contributed by atoms with van der Waals surface area (Å²) in [5.74, 6) is -0.0953. The Morgan fingerprint density at radius 3 is 2.74 bits per heavy atom. The van der Waals surface area contributed by atoms with E-state index in [9.17, 15) is 18.3 Å². The molecule has 0 radical (unpaired) electrons. The molecule has 1 saturated carbocycles. The first kappa shape index (κ1) is 14.2. The largest absolute Gasteiger partial charge is 0.440 e. The molecule has 2 rings (SSSR count). The second kappa shape index (κ2) is 5.85. The standard InChI is InChI=1S/C12H17NO5S/c14-8-10-5-6-12(18-10)19(16,17)13-7-9-3-1-2-4-11(9)15/h5-6,8-9,11,13,15H,1-4,7H2. The average Bonchev–Trinajstić information content (AvgIpc) is 2.87. The van der Waals surface area contributed by atoms with Crippen molar-refractivity contribution in [2.45, 2.75) is 36.9 Å². The van der Waals surface area contributed by atoms with Crippen LogP contribution in [0.2, 0.25) is 0 Å². The number of aliphatic hydroxyl groups is 1. The maximum absolute atomic E-state index is 11.9. The van der Waals surface area contributed by atoms with E-state index in [1.165, 1.54) is 12.1 Å². The van der Waals surface area contributed by atoms with Crippen LogP contribution < -0.4 is 4.72 Å². The Bertz CT molecular complexity index is 536. The highest BCUT2D eigenvalue weighted by Gasteiger charge is 2.26. The second-order valence-electron chi connectivity index (χ2n) is 4.74. The molecule has 19 heavy (non-hydrogen) atoms. The molecule has 2 atom stereocenters. The van der Waals surface area contributed by atoms with Crippen LogP contribution in [0.4, 0.5) is 0 Å². The van der Waals surface area contributed by atoms with Gasteiger partial charge in [0.15, 0.2) is 12.0 Å². The molecular formula is C12H17NO5S. The minimum Gasteiger partial charge on any atom is -0.440 e. The van der Waals surface area contributed by atoms with Gasteiger partial charge in [0, 0.05) is 6.54 Å². The fourth-order valence-corrected chi connectivity index (χ4v) is 3.29. The lowest BCUT2D eigenvalue weighted by molar-refractivity contribution is 0.0724. The molecule has 7 heteroatoms. The molecule has 0 aromatic carbocycles. The lowest BCUT2D eigenvalue weighted by Crippen LogP contribution is -2.36. The van der Waals surface area contributed by atoms with Gasteiger partial charge < -0.3 is 9.52 Å². The van der Waals surface area contributed by atoms with Crippen LogP contribution in [0.3, 0.4) is 0 Å². The first-order valence-electron chi connectivity index (χ1n) is 6.25. The van der Waals surface area contributed by atoms with Crippen LogP contribution in [-0.2, 0) is 10.0 Å². The summed E-state index contributed by atoms with van der Waals surface area (Å²) in [6.45, 7) is 0.181. The lowest BCUT2D eigenvalue weighted by Gasteiger charge is -2.27. The zero-order valence-corrected chi connectivity index (χ0v) is 11.2. The van der Waals surface area contributed by atoms with Gasteiger partial charge in [0.05, 0.1) is 6.10 Å². The SMILES string of the molecule is O=Cc1ccc(S(=O)(=O)NCC2CCCCC2O)o1. The predicted molar refractivity (Wildman–Crippen MR) is 67.2 cm³/mol. The highest BCUT2D eigenvalue weighted by atomic mass is 32.2. The van der Waals surface area contributed by atoms with Gasteiger partial charge in [-0.25, -0.2) is 13.1 Å². The van der Waals surface area contributed by atoms with Crippen molar-refractivity contribution in [3.8, 4) is 0 Å². The molecule has 6 nitrogen and oxygen atoms in total. The molecule has 1 fully saturated rings. The molecule has 0 aliphatic heterocycles. The molecule has 1 aliphatic carbocycles. The van der Waals surface area contributed by atoms with Crippen LogP contribution in [-0.4, -0.2) is 32.5 Å². The Labute approximate surface area is 111 Å². The molecule has 1 aromatic rings. The third kappa shape index (κ3) is 3.43. The van der Waals surface area contributed by atoms with Gasteiger partial charge in [-0.2, -0.15) is 0 Å². The van der Waals surface area contributed by atoms with Crippen LogP contribution in [0.5, 0.6) is 0 Å². The smallest absolute Gasteiger partial charge is 0.273 e. The van der Waals surface area contributed by atoms with Crippen molar-refractivity contribution >= 4 is 16.3 Å². The highest BCUT2D eigenvalue weighted by molar-refractivity contribution is 7.89. The molecule has 0 bridgehead atoms. The van der Waals surface area contributed by atoms with Crippen LogP contribution in [0, 0.1) is 5.92 Å². The first-order chi connectivity index (χ1) is 9.03. The van der Waals surface area contributed by atoms with Gasteiger partial charge in [-0.3, -0.25) is 4.79 Å². The third-order valence-electron chi connectivity index (χ3n) is 3.39. The summed E-state index contributed by atoms with van der Waals surface area (Å²) < 4.78 is 31.1. The fraction of sp³-hybridized carbons (Fsp3) is 0.583. The second-order valence-corrected chi connectivity index (χ2v) is 6.44. The van der Waals surface area contributed by atoms with Crippen molar-refractivity contribution in [1.29, 1.82) is 0 Å². The first-order valence-corrected chi connectivity index (χ1v) is 7.74. The number of nitrogens with one attached hydrogen (secondary N) is 1. The van der Waals surface area contributed by atoms with Crippen molar-refractivity contribution in [2.24, 2.45) is 5.92 Å². The fourth-order valence-electron chi connectivity index (χ4n) is 2.26. The summed E-state index contributed by atoms with van der Waals surface area (Å²) >= 11 is 0. The molecule has 2 unspecified atom stereocenters. The number of aldehydes is 1. The number of hydrogen-bond donors (Lipinski definition) is 2. The topological polar surface area (TPSA) is 96.6 Å². The van der Waals surface area contributed by atoms with Crippen molar-refractivity contribution in [3.05, 3.63) is 17.9 Å². The number of carbonyl (C=O) groups is 1. The van der Waals surface area contributed by atoms with Crippen LogP contribution >= 0.6 is 0 Å². The number of aliphatic hydroxyl groups excluding tert-OH is 1. The quantitative estimate of drug-likeness (QED) is 0.785.